The van der Waals surface area contributed by atoms with Gasteiger partial charge in [-0.3, -0.25) is 4.79 Å². The van der Waals surface area contributed by atoms with Crippen molar-refractivity contribution in [2.75, 3.05) is 25.9 Å². The standard InChI is InChI=1S/C12H16BrNO4S.ClH/c1-14(6-5-12(15)16)7-8-19(17,18)11-4-2-3-10(13)9-11;/h2-4,9H,5-8H2,1H3,(H,15,16);1H. The molecule has 0 radical (unpaired) electrons. The van der Waals surface area contributed by atoms with Crippen LogP contribution in [0.4, 0.5) is 0 Å². The number of carbonyl (C=O) groups is 1. The minimum Gasteiger partial charge on any atom is -0.481 e. The summed E-state index contributed by atoms with van der Waals surface area (Å²) >= 11 is 3.24. The number of carboxylic acids is 1. The van der Waals surface area contributed by atoms with Crippen molar-refractivity contribution < 1.29 is 18.3 Å². The van der Waals surface area contributed by atoms with Crippen molar-refractivity contribution in [3.8, 4) is 0 Å². The first-order chi connectivity index (χ1) is 8.81. The number of hydrogen-bond acceptors (Lipinski definition) is 4. The summed E-state index contributed by atoms with van der Waals surface area (Å²) in [4.78, 5) is 12.4. The third-order valence-corrected chi connectivity index (χ3v) is 4.79. The summed E-state index contributed by atoms with van der Waals surface area (Å²) in [7, 11) is -1.63. The minimum atomic E-state index is -3.34. The number of nitrogens with zero attached hydrogens (tertiary/aromatic N) is 1. The zero-order chi connectivity index (χ0) is 14.5. The molecule has 0 aliphatic heterocycles. The average molecular weight is 387 g/mol. The smallest absolute Gasteiger partial charge is 0.304 e. The molecule has 0 heterocycles. The lowest BCUT2D eigenvalue weighted by Gasteiger charge is -2.15. The first kappa shape index (κ1) is 19.4. The van der Waals surface area contributed by atoms with Gasteiger partial charge in [0, 0.05) is 17.6 Å². The van der Waals surface area contributed by atoms with Crippen molar-refractivity contribution in [3.05, 3.63) is 28.7 Å². The number of benzene rings is 1. The fourth-order valence-corrected chi connectivity index (χ4v) is 3.38. The summed E-state index contributed by atoms with van der Waals surface area (Å²) in [6, 6.07) is 6.55. The van der Waals surface area contributed by atoms with Crippen LogP contribution in [0.15, 0.2) is 33.6 Å². The van der Waals surface area contributed by atoms with Crippen LogP contribution in [0.5, 0.6) is 0 Å². The Morgan fingerprint density at radius 3 is 2.55 bits per heavy atom. The van der Waals surface area contributed by atoms with Crippen LogP contribution in [0.3, 0.4) is 0 Å². The highest BCUT2D eigenvalue weighted by atomic mass is 79.9. The molecule has 0 saturated heterocycles. The SMILES string of the molecule is CN(CCC(=O)O)CCS(=O)(=O)c1cccc(Br)c1.Cl. The quantitative estimate of drug-likeness (QED) is 0.776. The van der Waals surface area contributed by atoms with Gasteiger partial charge in [0.05, 0.1) is 17.1 Å². The Hall–Kier alpha value is -0.630. The van der Waals surface area contributed by atoms with E-state index in [4.69, 9.17) is 5.11 Å². The normalized spacial score (nSPS) is 11.2. The van der Waals surface area contributed by atoms with Gasteiger partial charge in [-0.25, -0.2) is 8.42 Å². The molecule has 1 rings (SSSR count). The molecule has 114 valence electrons. The topological polar surface area (TPSA) is 74.7 Å². The summed E-state index contributed by atoms with van der Waals surface area (Å²) < 4.78 is 24.8. The van der Waals surface area contributed by atoms with Crippen LogP contribution in [0, 0.1) is 0 Å². The average Bonchev–Trinajstić information content (AvgIpc) is 2.34. The molecule has 20 heavy (non-hydrogen) atoms. The van der Waals surface area contributed by atoms with Crippen LogP contribution in [0.2, 0.25) is 0 Å². The molecule has 0 fully saturated rings. The van der Waals surface area contributed by atoms with Crippen molar-refractivity contribution >= 4 is 44.1 Å². The summed E-state index contributed by atoms with van der Waals surface area (Å²) in [6.45, 7) is 0.644. The first-order valence-electron chi connectivity index (χ1n) is 5.70. The van der Waals surface area contributed by atoms with Gasteiger partial charge in [-0.2, -0.15) is 0 Å². The predicted molar refractivity (Wildman–Crippen MR) is 83.2 cm³/mol. The van der Waals surface area contributed by atoms with E-state index in [2.05, 4.69) is 15.9 Å². The Kier molecular flexibility index (Phi) is 8.34. The van der Waals surface area contributed by atoms with E-state index < -0.39 is 15.8 Å². The third-order valence-electron chi connectivity index (χ3n) is 2.60. The predicted octanol–water partition coefficient (Wildman–Crippen LogP) is 2.05. The molecule has 0 spiro atoms. The van der Waals surface area contributed by atoms with Crippen molar-refractivity contribution in [2.45, 2.75) is 11.3 Å². The molecule has 1 aromatic rings. The minimum absolute atomic E-state index is 0. The Balaban J connectivity index is 0.00000361. The van der Waals surface area contributed by atoms with Crippen molar-refractivity contribution in [2.24, 2.45) is 0 Å². The summed E-state index contributed by atoms with van der Waals surface area (Å²) in [6.07, 6.45) is 0.00737. The van der Waals surface area contributed by atoms with Crippen LogP contribution in [-0.4, -0.2) is 50.3 Å². The van der Waals surface area contributed by atoms with Crippen molar-refractivity contribution in [1.82, 2.24) is 4.90 Å². The van der Waals surface area contributed by atoms with E-state index in [0.29, 0.717) is 17.6 Å². The van der Waals surface area contributed by atoms with Gasteiger partial charge >= 0.3 is 5.97 Å². The fraction of sp³-hybridized carbons (Fsp3) is 0.417. The summed E-state index contributed by atoms with van der Waals surface area (Å²) in [5.41, 5.74) is 0. The maximum Gasteiger partial charge on any atom is 0.304 e. The fourth-order valence-electron chi connectivity index (χ4n) is 1.45. The van der Waals surface area contributed by atoms with E-state index in [1.165, 1.54) is 0 Å². The molecule has 0 saturated carbocycles. The summed E-state index contributed by atoms with van der Waals surface area (Å²) in [5, 5.41) is 8.55. The molecule has 8 heteroatoms. The lowest BCUT2D eigenvalue weighted by atomic mass is 10.4. The molecule has 0 atom stereocenters. The summed E-state index contributed by atoms with van der Waals surface area (Å²) in [5.74, 6) is -0.916. The van der Waals surface area contributed by atoms with E-state index in [1.54, 1.807) is 36.2 Å². The van der Waals surface area contributed by atoms with Gasteiger partial charge in [-0.1, -0.05) is 22.0 Å². The van der Waals surface area contributed by atoms with E-state index in [9.17, 15) is 13.2 Å². The molecule has 0 bridgehead atoms. The van der Waals surface area contributed by atoms with Crippen molar-refractivity contribution in [3.63, 3.8) is 0 Å². The van der Waals surface area contributed by atoms with Crippen LogP contribution in [-0.2, 0) is 14.6 Å². The highest BCUT2D eigenvalue weighted by Gasteiger charge is 2.15. The van der Waals surface area contributed by atoms with Crippen LogP contribution < -0.4 is 0 Å². The molecule has 0 aromatic heterocycles. The number of halogens is 2. The second kappa shape index (κ2) is 8.61. The van der Waals surface area contributed by atoms with Gasteiger partial charge in [0.2, 0.25) is 0 Å². The Morgan fingerprint density at radius 1 is 1.35 bits per heavy atom. The number of rotatable bonds is 7. The van der Waals surface area contributed by atoms with E-state index >= 15 is 0 Å². The van der Waals surface area contributed by atoms with E-state index in [1.807, 2.05) is 0 Å². The number of carboxylic acid groups (broad SMARTS) is 1. The second-order valence-corrected chi connectivity index (χ2v) is 7.25. The van der Waals surface area contributed by atoms with E-state index in [0.717, 1.165) is 0 Å². The van der Waals surface area contributed by atoms with Gasteiger partial charge in [0.15, 0.2) is 9.84 Å². The van der Waals surface area contributed by atoms with Gasteiger partial charge in [-0.05, 0) is 25.2 Å². The number of hydrogen-bond donors (Lipinski definition) is 1. The molecular weight excluding hydrogens is 370 g/mol. The molecule has 1 aromatic carbocycles. The highest BCUT2D eigenvalue weighted by Crippen LogP contribution is 2.17. The highest BCUT2D eigenvalue weighted by molar-refractivity contribution is 9.10. The third kappa shape index (κ3) is 6.69. The van der Waals surface area contributed by atoms with Crippen LogP contribution in [0.1, 0.15) is 6.42 Å². The van der Waals surface area contributed by atoms with Gasteiger partial charge < -0.3 is 10.0 Å². The molecule has 5 nitrogen and oxygen atoms in total. The monoisotopic (exact) mass is 385 g/mol. The number of sulfone groups is 1. The number of aliphatic carboxylic acids is 1. The Morgan fingerprint density at radius 2 is 2.00 bits per heavy atom. The lowest BCUT2D eigenvalue weighted by Crippen LogP contribution is -2.27. The Labute approximate surface area is 133 Å². The van der Waals surface area contributed by atoms with E-state index in [-0.39, 0.29) is 29.5 Å². The zero-order valence-corrected chi connectivity index (χ0v) is 14.2. The van der Waals surface area contributed by atoms with Gasteiger partial charge in [-0.15, -0.1) is 12.4 Å². The molecule has 1 N–H and O–H groups in total. The zero-order valence-electron chi connectivity index (χ0n) is 11.0. The van der Waals surface area contributed by atoms with Gasteiger partial charge in [0.1, 0.15) is 0 Å². The first-order valence-corrected chi connectivity index (χ1v) is 8.14. The maximum atomic E-state index is 12.1. The van der Waals surface area contributed by atoms with Crippen LogP contribution >= 0.6 is 28.3 Å². The molecule has 0 unspecified atom stereocenters. The van der Waals surface area contributed by atoms with Crippen molar-refractivity contribution in [1.29, 1.82) is 0 Å². The molecule has 0 aliphatic carbocycles. The van der Waals surface area contributed by atoms with Crippen LogP contribution in [0.25, 0.3) is 0 Å². The molecule has 0 amide bonds. The maximum absolute atomic E-state index is 12.1. The van der Waals surface area contributed by atoms with Gasteiger partial charge in [0.25, 0.3) is 0 Å². The molecule has 0 aliphatic rings. The second-order valence-electron chi connectivity index (χ2n) is 4.22. The molecular formula is C12H17BrClNO4S. The largest absolute Gasteiger partial charge is 0.481 e. The Bertz CT molecular complexity index is 550. The lowest BCUT2D eigenvalue weighted by molar-refractivity contribution is -0.137.